The Balaban J connectivity index is 1.32. The van der Waals surface area contributed by atoms with Crippen molar-refractivity contribution in [3.63, 3.8) is 0 Å². The number of aryl methyl sites for hydroxylation is 1. The van der Waals surface area contributed by atoms with Gasteiger partial charge >= 0.3 is 17.1 Å². The Hall–Kier alpha value is -4.87. The SMILES string of the molecule is Cn1[nH]c(=O)c(=O)nc1SCC1=C(C(=O)O)N2C(=O)[C@@H](NC(=O)/C(=N\OCS(=O)(=O)c3ccc(O)c(O)c3)c3csc(N)n3)[C@H]2SC1. The normalized spacial score (nSPS) is 18.0. The van der Waals surface area contributed by atoms with Gasteiger partial charge in [-0.2, -0.15) is 4.98 Å². The molecule has 3 aromatic rings. The molecule has 2 aromatic heterocycles. The van der Waals surface area contributed by atoms with Crippen LogP contribution in [0.5, 0.6) is 11.5 Å². The number of fused-ring (bicyclic) bond motifs is 1. The predicted molar refractivity (Wildman–Crippen MR) is 166 cm³/mol. The topological polar surface area (TPSA) is 290 Å². The summed E-state index contributed by atoms with van der Waals surface area (Å²) in [5.41, 5.74) is 3.15. The average molecular weight is 727 g/mol. The first kappa shape index (κ1) is 33.5. The first-order chi connectivity index (χ1) is 22.2. The minimum atomic E-state index is -4.23. The Morgan fingerprint density at radius 1 is 1.23 bits per heavy atom. The van der Waals surface area contributed by atoms with Gasteiger partial charge in [-0.3, -0.25) is 33.9 Å². The number of nitrogens with one attached hydrogen (secondary N) is 2. The number of aromatic amines is 1. The van der Waals surface area contributed by atoms with Gasteiger partial charge in [0.2, 0.25) is 15.8 Å². The number of nitrogens with two attached hydrogens (primary N) is 1. The van der Waals surface area contributed by atoms with Crippen molar-refractivity contribution in [3.05, 3.63) is 61.3 Å². The number of carboxylic acid groups (broad SMARTS) is 1. The zero-order valence-electron chi connectivity index (χ0n) is 23.6. The van der Waals surface area contributed by atoms with E-state index < -0.39 is 78.2 Å². The van der Waals surface area contributed by atoms with E-state index in [1.165, 1.54) is 17.1 Å². The lowest BCUT2D eigenvalue weighted by atomic mass is 10.0. The van der Waals surface area contributed by atoms with E-state index in [0.717, 1.165) is 58.0 Å². The van der Waals surface area contributed by atoms with Crippen LogP contribution in [0, 0.1) is 0 Å². The van der Waals surface area contributed by atoms with Gasteiger partial charge in [0.05, 0.1) is 4.90 Å². The van der Waals surface area contributed by atoms with Crippen LogP contribution >= 0.6 is 34.9 Å². The largest absolute Gasteiger partial charge is 0.504 e. The Labute approximate surface area is 275 Å². The molecular formula is C24H22N8O11S4. The maximum Gasteiger partial charge on any atom is 0.352 e. The Morgan fingerprint density at radius 3 is 2.64 bits per heavy atom. The van der Waals surface area contributed by atoms with Crippen LogP contribution < -0.4 is 22.2 Å². The summed E-state index contributed by atoms with van der Waals surface area (Å²) in [6.45, 7) is 0. The first-order valence-corrected chi connectivity index (χ1v) is 17.4. The lowest BCUT2D eigenvalue weighted by molar-refractivity contribution is -0.150. The summed E-state index contributed by atoms with van der Waals surface area (Å²) in [7, 11) is -2.78. The van der Waals surface area contributed by atoms with Gasteiger partial charge in [0.1, 0.15) is 22.8 Å². The van der Waals surface area contributed by atoms with Gasteiger partial charge < -0.3 is 31.2 Å². The molecule has 2 aliphatic rings. The van der Waals surface area contributed by atoms with Crippen LogP contribution in [0.1, 0.15) is 5.69 Å². The number of amides is 2. The van der Waals surface area contributed by atoms with E-state index in [0.29, 0.717) is 5.57 Å². The summed E-state index contributed by atoms with van der Waals surface area (Å²) in [5.74, 6) is -5.32. The number of thiazole rings is 1. The molecule has 47 heavy (non-hydrogen) atoms. The molecule has 0 aliphatic carbocycles. The van der Waals surface area contributed by atoms with Crippen molar-refractivity contribution in [2.45, 2.75) is 21.5 Å². The quantitative estimate of drug-likeness (QED) is 0.0331. The molecule has 2 amide bonds. The van der Waals surface area contributed by atoms with Crippen molar-refractivity contribution in [3.8, 4) is 11.5 Å². The van der Waals surface area contributed by atoms with Crippen LogP contribution in [0.15, 0.2) is 59.6 Å². The number of phenols is 2. The molecule has 0 spiro atoms. The first-order valence-electron chi connectivity index (χ1n) is 12.8. The van der Waals surface area contributed by atoms with Crippen molar-refractivity contribution >= 4 is 73.3 Å². The number of sulfone groups is 1. The second-order valence-corrected chi connectivity index (χ2v) is 14.5. The van der Waals surface area contributed by atoms with E-state index in [1.54, 1.807) is 0 Å². The van der Waals surface area contributed by atoms with Gasteiger partial charge in [0, 0.05) is 30.0 Å². The van der Waals surface area contributed by atoms with Crippen LogP contribution in [0.2, 0.25) is 0 Å². The molecule has 2 atom stereocenters. The highest BCUT2D eigenvalue weighted by atomic mass is 32.2. The molecule has 0 unspecified atom stereocenters. The van der Waals surface area contributed by atoms with Crippen molar-refractivity contribution in [1.82, 2.24) is 30.0 Å². The lowest BCUT2D eigenvalue weighted by Gasteiger charge is -2.49. The molecule has 1 fully saturated rings. The number of rotatable bonds is 11. The van der Waals surface area contributed by atoms with Gasteiger partial charge in [0.15, 0.2) is 27.5 Å². The number of β-lactam (4-membered cyclic amide) rings is 1. The summed E-state index contributed by atoms with van der Waals surface area (Å²) in [5, 5.41) is 38.1. The molecule has 0 saturated carbocycles. The number of thioether (sulfide) groups is 2. The van der Waals surface area contributed by atoms with Crippen LogP contribution in [-0.4, -0.2) is 101 Å². The Morgan fingerprint density at radius 2 is 1.98 bits per heavy atom. The van der Waals surface area contributed by atoms with Gasteiger partial charge in [-0.25, -0.2) is 18.2 Å². The summed E-state index contributed by atoms with van der Waals surface area (Å²) in [6, 6.07) is 1.58. The zero-order valence-corrected chi connectivity index (χ0v) is 26.9. The van der Waals surface area contributed by atoms with E-state index in [4.69, 9.17) is 10.6 Å². The second-order valence-electron chi connectivity index (χ2n) is 9.63. The number of aromatic hydroxyl groups is 2. The average Bonchev–Trinajstić information content (AvgIpc) is 3.45. The van der Waals surface area contributed by atoms with Gasteiger partial charge in [-0.15, -0.1) is 23.1 Å². The number of H-pyrrole nitrogens is 1. The molecule has 1 aromatic carbocycles. The molecule has 0 radical (unpaired) electrons. The van der Waals surface area contributed by atoms with Crippen molar-refractivity contribution in [2.75, 3.05) is 23.2 Å². The minimum Gasteiger partial charge on any atom is -0.504 e. The number of hydrogen-bond acceptors (Lipinski definition) is 17. The van der Waals surface area contributed by atoms with Crippen LogP contribution in [0.25, 0.3) is 0 Å². The number of carboxylic acids is 1. The number of aliphatic carboxylic acids is 1. The van der Waals surface area contributed by atoms with Crippen LogP contribution in [0.3, 0.4) is 0 Å². The Kier molecular flexibility index (Phi) is 9.33. The predicted octanol–water partition coefficient (Wildman–Crippen LogP) is -1.40. The highest BCUT2D eigenvalue weighted by Gasteiger charge is 2.54. The summed E-state index contributed by atoms with van der Waals surface area (Å²) >= 11 is 3.08. The van der Waals surface area contributed by atoms with Crippen molar-refractivity contribution < 1.29 is 43.0 Å². The highest BCUT2D eigenvalue weighted by molar-refractivity contribution is 8.01. The molecule has 248 valence electrons. The second kappa shape index (κ2) is 13.1. The smallest absolute Gasteiger partial charge is 0.352 e. The summed E-state index contributed by atoms with van der Waals surface area (Å²) in [4.78, 5) is 75.1. The van der Waals surface area contributed by atoms with Crippen molar-refractivity contribution in [1.29, 1.82) is 0 Å². The molecule has 23 heteroatoms. The number of phenolic OH excluding ortho intramolecular Hbond substituents is 2. The number of hydrogen-bond donors (Lipinski definition) is 6. The molecular weight excluding hydrogens is 705 g/mol. The number of nitrogens with zero attached hydrogens (tertiary/aromatic N) is 5. The third-order valence-electron chi connectivity index (χ3n) is 6.51. The maximum absolute atomic E-state index is 13.3. The number of carbonyl (C=O) groups is 3. The number of aromatic nitrogens is 4. The summed E-state index contributed by atoms with van der Waals surface area (Å²) < 4.78 is 26.5. The third-order valence-corrected chi connectivity index (χ3v) is 11.0. The summed E-state index contributed by atoms with van der Waals surface area (Å²) in [6.07, 6.45) is 0. The number of carbonyl (C=O) groups excluding carboxylic acids is 2. The fourth-order valence-electron chi connectivity index (χ4n) is 4.27. The molecule has 7 N–H and O–H groups in total. The van der Waals surface area contributed by atoms with Crippen molar-refractivity contribution in [2.24, 2.45) is 12.2 Å². The van der Waals surface area contributed by atoms with Crippen LogP contribution in [0.4, 0.5) is 5.13 Å². The van der Waals surface area contributed by atoms with Gasteiger partial charge in [-0.05, 0) is 17.7 Å². The molecule has 4 heterocycles. The molecule has 0 bridgehead atoms. The lowest BCUT2D eigenvalue weighted by Crippen LogP contribution is -2.71. The molecule has 1 saturated heterocycles. The molecule has 2 aliphatic heterocycles. The highest BCUT2D eigenvalue weighted by Crippen LogP contribution is 2.41. The fourth-order valence-corrected chi connectivity index (χ4v) is 8.12. The monoisotopic (exact) mass is 726 g/mol. The number of nitrogen functional groups attached to an aromatic ring is 1. The van der Waals surface area contributed by atoms with E-state index >= 15 is 0 Å². The molecule has 19 nitrogen and oxygen atoms in total. The fraction of sp³-hybridized carbons (Fsp3) is 0.250. The maximum atomic E-state index is 13.3. The number of anilines is 1. The van der Waals surface area contributed by atoms with Gasteiger partial charge in [-0.1, -0.05) is 16.9 Å². The zero-order chi connectivity index (χ0) is 34.2. The standard InChI is InChI=1S/C24H22N8O11S4/c1-31-24(28-18(36)19(37)29-31)46-6-9-5-44-21-15(20(38)32(21)16(9)22(39)40)27-17(35)14(11-7-45-23(25)26-11)30-43-8-47(41,42)10-2-3-12(33)13(34)4-10/h2-4,7,15,21,33-34H,5-6,8H2,1H3,(H2,25,26)(H,27,35)(H,29,37)(H,39,40)/b30-14-/t15-,21-/m1/s1. The van der Waals surface area contributed by atoms with Gasteiger partial charge in [0.25, 0.3) is 11.8 Å². The van der Waals surface area contributed by atoms with E-state index in [2.05, 4.69) is 25.5 Å². The number of benzene rings is 1. The minimum absolute atomic E-state index is 0.0144. The Bertz CT molecular complexity index is 2090. The third kappa shape index (κ3) is 6.81. The van der Waals surface area contributed by atoms with E-state index in [1.807, 2.05) is 0 Å². The number of oxime groups is 1. The van der Waals surface area contributed by atoms with E-state index in [-0.39, 0.29) is 33.2 Å². The molecule has 5 rings (SSSR count). The van der Waals surface area contributed by atoms with Crippen LogP contribution in [-0.2, 0) is 36.1 Å². The van der Waals surface area contributed by atoms with E-state index in [9.17, 15) is 47.7 Å².